The number of aliphatic hydroxyl groups excluding tert-OH is 1. The number of nitrogens with zero attached hydrogens (tertiary/aromatic N) is 1. The Balaban J connectivity index is 2.10. The molecule has 5 rings (SSSR count). The van der Waals surface area contributed by atoms with Crippen molar-refractivity contribution in [3.63, 3.8) is 0 Å². The lowest BCUT2D eigenvalue weighted by Crippen LogP contribution is -2.14. The van der Waals surface area contributed by atoms with E-state index < -0.39 is 6.23 Å². The molecule has 0 spiro atoms. The molecular weight excluding hydrogens is 258 g/mol. The number of benzene rings is 3. The van der Waals surface area contributed by atoms with Crippen molar-refractivity contribution in [2.45, 2.75) is 6.23 Å². The van der Waals surface area contributed by atoms with Gasteiger partial charge in [-0.1, -0.05) is 60.7 Å². The lowest BCUT2D eigenvalue weighted by Gasteiger charge is -2.25. The van der Waals surface area contributed by atoms with Gasteiger partial charge in [0.05, 0.1) is 11.0 Å². The van der Waals surface area contributed by atoms with Gasteiger partial charge in [0.1, 0.15) is 0 Å². The lowest BCUT2D eigenvalue weighted by atomic mass is 9.94. The molecule has 0 radical (unpaired) electrons. The van der Waals surface area contributed by atoms with E-state index in [-0.39, 0.29) is 0 Å². The summed E-state index contributed by atoms with van der Waals surface area (Å²) >= 11 is 0. The van der Waals surface area contributed by atoms with Crippen LogP contribution in [0.5, 0.6) is 0 Å². The topological polar surface area (TPSA) is 25.2 Å². The first-order valence-electron chi connectivity index (χ1n) is 7.15. The monoisotopic (exact) mass is 271 g/mol. The first-order chi connectivity index (χ1) is 10.4. The predicted molar refractivity (Wildman–Crippen MR) is 85.2 cm³/mol. The highest BCUT2D eigenvalue weighted by molar-refractivity contribution is 6.13. The third kappa shape index (κ3) is 1.26. The quantitative estimate of drug-likeness (QED) is 0.506. The fourth-order valence-corrected chi connectivity index (χ4v) is 3.63. The smallest absolute Gasteiger partial charge is 0.158 e. The zero-order chi connectivity index (χ0) is 14.0. The van der Waals surface area contributed by atoms with Gasteiger partial charge in [0.2, 0.25) is 0 Å². The maximum Gasteiger partial charge on any atom is 0.158 e. The molecule has 1 aliphatic heterocycles. The number of aromatic nitrogens is 1. The van der Waals surface area contributed by atoms with Crippen molar-refractivity contribution in [2.24, 2.45) is 0 Å². The van der Waals surface area contributed by atoms with Crippen LogP contribution in [0.2, 0.25) is 0 Å². The predicted octanol–water partition coefficient (Wildman–Crippen LogP) is 4.31. The molecule has 0 amide bonds. The Morgan fingerprint density at radius 1 is 0.714 bits per heavy atom. The molecule has 0 saturated carbocycles. The SMILES string of the molecule is OC1c2ccccc2-c2cccc3c4ccccc4n1c23. The van der Waals surface area contributed by atoms with Gasteiger partial charge in [-0.15, -0.1) is 0 Å². The Morgan fingerprint density at radius 2 is 1.43 bits per heavy atom. The molecule has 4 aromatic rings. The van der Waals surface area contributed by atoms with Crippen LogP contribution in [0.25, 0.3) is 32.9 Å². The van der Waals surface area contributed by atoms with Crippen LogP contribution >= 0.6 is 0 Å². The molecule has 1 N–H and O–H groups in total. The second kappa shape index (κ2) is 3.74. The van der Waals surface area contributed by atoms with E-state index in [9.17, 15) is 5.11 Å². The van der Waals surface area contributed by atoms with Crippen LogP contribution < -0.4 is 0 Å². The molecule has 0 fully saturated rings. The third-order valence-electron chi connectivity index (χ3n) is 4.50. The van der Waals surface area contributed by atoms with Crippen molar-refractivity contribution in [1.82, 2.24) is 4.57 Å². The fraction of sp³-hybridized carbons (Fsp3) is 0.0526. The second-order valence-electron chi connectivity index (χ2n) is 5.55. The average molecular weight is 271 g/mol. The number of fused-ring (bicyclic) bond motifs is 5. The van der Waals surface area contributed by atoms with Crippen LogP contribution in [-0.4, -0.2) is 9.67 Å². The first-order valence-corrected chi connectivity index (χ1v) is 7.15. The zero-order valence-electron chi connectivity index (χ0n) is 11.3. The molecule has 21 heavy (non-hydrogen) atoms. The highest BCUT2D eigenvalue weighted by Gasteiger charge is 2.27. The fourth-order valence-electron chi connectivity index (χ4n) is 3.63. The molecule has 3 aromatic carbocycles. The molecular formula is C19H13NO. The van der Waals surface area contributed by atoms with E-state index in [2.05, 4.69) is 47.0 Å². The van der Waals surface area contributed by atoms with E-state index in [1.54, 1.807) is 0 Å². The van der Waals surface area contributed by atoms with Gasteiger partial charge in [-0.3, -0.25) is 0 Å². The number of hydrogen-bond donors (Lipinski definition) is 1. The molecule has 0 bridgehead atoms. The Hall–Kier alpha value is -2.58. The Bertz CT molecular complexity index is 1010. The molecule has 1 unspecified atom stereocenters. The molecule has 2 nitrogen and oxygen atoms in total. The van der Waals surface area contributed by atoms with Crippen LogP contribution in [0.15, 0.2) is 66.7 Å². The summed E-state index contributed by atoms with van der Waals surface area (Å²) in [6, 6.07) is 22.8. The summed E-state index contributed by atoms with van der Waals surface area (Å²) in [5.74, 6) is 0. The van der Waals surface area contributed by atoms with Crippen LogP contribution in [0.3, 0.4) is 0 Å². The maximum atomic E-state index is 10.9. The number of hydrogen-bond acceptors (Lipinski definition) is 1. The summed E-state index contributed by atoms with van der Waals surface area (Å²) in [4.78, 5) is 0. The van der Waals surface area contributed by atoms with E-state index in [1.807, 2.05) is 24.3 Å². The van der Waals surface area contributed by atoms with Gasteiger partial charge in [-0.2, -0.15) is 0 Å². The van der Waals surface area contributed by atoms with E-state index in [0.29, 0.717) is 0 Å². The summed E-state index contributed by atoms with van der Waals surface area (Å²) in [5.41, 5.74) is 5.52. The minimum absolute atomic E-state index is 0.626. The lowest BCUT2D eigenvalue weighted by molar-refractivity contribution is 0.155. The van der Waals surface area contributed by atoms with Crippen LogP contribution in [0.4, 0.5) is 0 Å². The molecule has 100 valence electrons. The van der Waals surface area contributed by atoms with Crippen molar-refractivity contribution < 1.29 is 5.11 Å². The Morgan fingerprint density at radius 3 is 2.38 bits per heavy atom. The second-order valence-corrected chi connectivity index (χ2v) is 5.55. The van der Waals surface area contributed by atoms with Gasteiger partial charge < -0.3 is 9.67 Å². The Kier molecular flexibility index (Phi) is 1.98. The Labute approximate surface area is 121 Å². The van der Waals surface area contributed by atoms with Gasteiger partial charge in [0.25, 0.3) is 0 Å². The van der Waals surface area contributed by atoms with Crippen LogP contribution in [-0.2, 0) is 0 Å². The summed E-state index contributed by atoms with van der Waals surface area (Å²) < 4.78 is 2.06. The van der Waals surface area contributed by atoms with E-state index in [4.69, 9.17) is 0 Å². The minimum atomic E-state index is -0.626. The number of aliphatic hydroxyl groups is 1. The highest BCUT2D eigenvalue weighted by Crippen LogP contribution is 2.44. The average Bonchev–Trinajstić information content (AvgIpc) is 2.89. The molecule has 2 heterocycles. The summed E-state index contributed by atoms with van der Waals surface area (Å²) in [6.07, 6.45) is -0.626. The van der Waals surface area contributed by atoms with E-state index in [0.717, 1.165) is 22.2 Å². The van der Waals surface area contributed by atoms with Gasteiger partial charge in [0.15, 0.2) is 6.23 Å². The van der Waals surface area contributed by atoms with Gasteiger partial charge in [-0.25, -0.2) is 0 Å². The molecule has 0 saturated heterocycles. The molecule has 2 heteroatoms. The van der Waals surface area contributed by atoms with Crippen molar-refractivity contribution in [1.29, 1.82) is 0 Å². The van der Waals surface area contributed by atoms with Crippen molar-refractivity contribution in [3.8, 4) is 11.1 Å². The third-order valence-corrected chi connectivity index (χ3v) is 4.50. The number of para-hydroxylation sites is 2. The molecule has 1 aliphatic rings. The molecule has 1 aromatic heterocycles. The summed E-state index contributed by atoms with van der Waals surface area (Å²) in [5, 5.41) is 13.3. The molecule has 1 atom stereocenters. The van der Waals surface area contributed by atoms with E-state index >= 15 is 0 Å². The van der Waals surface area contributed by atoms with Gasteiger partial charge in [0, 0.05) is 21.9 Å². The highest BCUT2D eigenvalue weighted by atomic mass is 16.3. The van der Waals surface area contributed by atoms with Crippen LogP contribution in [0, 0.1) is 0 Å². The standard InChI is InChI=1S/C19H13NO/c21-19-16-8-2-1-6-12(16)14-9-5-10-15-13-7-3-4-11-17(13)20(19)18(14)15/h1-11,19,21H. The summed E-state index contributed by atoms with van der Waals surface area (Å²) in [6.45, 7) is 0. The maximum absolute atomic E-state index is 10.9. The van der Waals surface area contributed by atoms with Gasteiger partial charge in [-0.05, 0) is 11.6 Å². The van der Waals surface area contributed by atoms with Gasteiger partial charge >= 0.3 is 0 Å². The van der Waals surface area contributed by atoms with Crippen molar-refractivity contribution >= 4 is 21.8 Å². The minimum Gasteiger partial charge on any atom is -0.369 e. The van der Waals surface area contributed by atoms with Crippen molar-refractivity contribution in [3.05, 3.63) is 72.3 Å². The van der Waals surface area contributed by atoms with E-state index in [1.165, 1.54) is 16.3 Å². The number of rotatable bonds is 0. The van der Waals surface area contributed by atoms with Crippen molar-refractivity contribution in [2.75, 3.05) is 0 Å². The zero-order valence-corrected chi connectivity index (χ0v) is 11.3. The largest absolute Gasteiger partial charge is 0.369 e. The van der Waals surface area contributed by atoms with Crippen LogP contribution in [0.1, 0.15) is 11.8 Å². The molecule has 0 aliphatic carbocycles. The normalized spacial score (nSPS) is 16.3. The summed E-state index contributed by atoms with van der Waals surface area (Å²) in [7, 11) is 0. The first kappa shape index (κ1) is 11.1.